The molecule has 0 radical (unpaired) electrons. The maximum atomic E-state index is 12.1. The van der Waals surface area contributed by atoms with Gasteiger partial charge in [-0.2, -0.15) is 0 Å². The summed E-state index contributed by atoms with van der Waals surface area (Å²) in [6.45, 7) is 7.07. The van der Waals surface area contributed by atoms with E-state index in [0.29, 0.717) is 25.6 Å². The Balaban J connectivity index is 1.87. The smallest absolute Gasteiger partial charge is 0.249 e. The first-order valence-electron chi connectivity index (χ1n) is 8.21. The van der Waals surface area contributed by atoms with Crippen LogP contribution in [0.3, 0.4) is 0 Å². The molecule has 2 atom stereocenters. The highest BCUT2D eigenvalue weighted by Crippen LogP contribution is 2.18. The van der Waals surface area contributed by atoms with Crippen LogP contribution in [0.15, 0.2) is 36.5 Å². The number of H-pyrrole nitrogens is 1. The lowest BCUT2D eigenvalue weighted by atomic mass is 10.2. The minimum absolute atomic E-state index is 0.170. The molecular weight excluding hydrogens is 306 g/mol. The number of imidazole rings is 1. The molecule has 2 rings (SSSR count). The van der Waals surface area contributed by atoms with Crippen LogP contribution in [-0.4, -0.2) is 41.8 Å². The maximum Gasteiger partial charge on any atom is 0.249 e. The van der Waals surface area contributed by atoms with E-state index < -0.39 is 6.10 Å². The van der Waals surface area contributed by atoms with Crippen LogP contribution in [-0.2, 0) is 14.3 Å². The monoisotopic (exact) mass is 331 g/mol. The largest absolute Gasteiger partial charge is 0.379 e. The fourth-order valence-electron chi connectivity index (χ4n) is 2.22. The molecule has 0 spiro atoms. The lowest BCUT2D eigenvalue weighted by Gasteiger charge is -2.16. The van der Waals surface area contributed by atoms with E-state index in [2.05, 4.69) is 15.3 Å². The summed E-state index contributed by atoms with van der Waals surface area (Å²) in [5, 5.41) is 2.90. The number of aromatic amines is 1. The molecule has 130 valence electrons. The Labute approximate surface area is 142 Å². The van der Waals surface area contributed by atoms with Crippen LogP contribution in [0.25, 0.3) is 11.3 Å². The standard InChI is InChI=1S/C18H25N3O3/c1-4-23-10-11-24-14(3)18(22)20-13(2)17-19-12-16(21-17)15-8-6-5-7-9-15/h5-9,12-14H,4,10-11H2,1-3H3,(H,19,21)(H,20,22)/t13-,14-/m0/s1. The van der Waals surface area contributed by atoms with Crippen molar-refractivity contribution in [1.82, 2.24) is 15.3 Å². The average Bonchev–Trinajstić information content (AvgIpc) is 3.09. The molecule has 6 heteroatoms. The molecule has 2 N–H and O–H groups in total. The van der Waals surface area contributed by atoms with Gasteiger partial charge in [-0.1, -0.05) is 30.3 Å². The summed E-state index contributed by atoms with van der Waals surface area (Å²) >= 11 is 0. The molecule has 0 aliphatic carbocycles. The molecule has 6 nitrogen and oxygen atoms in total. The number of amides is 1. The SMILES string of the molecule is CCOCCO[C@@H](C)C(=O)N[C@@H](C)c1ncc(-c2ccccc2)[nH]1. The molecule has 0 fully saturated rings. The van der Waals surface area contributed by atoms with E-state index in [4.69, 9.17) is 9.47 Å². The molecule has 0 aliphatic heterocycles. The number of hydrogen-bond donors (Lipinski definition) is 2. The number of hydrogen-bond acceptors (Lipinski definition) is 4. The Hall–Kier alpha value is -2.18. The van der Waals surface area contributed by atoms with Crippen molar-refractivity contribution in [2.24, 2.45) is 0 Å². The first-order valence-corrected chi connectivity index (χ1v) is 8.21. The van der Waals surface area contributed by atoms with Crippen molar-refractivity contribution >= 4 is 5.91 Å². The van der Waals surface area contributed by atoms with E-state index in [9.17, 15) is 4.79 Å². The highest BCUT2D eigenvalue weighted by molar-refractivity contribution is 5.80. The van der Waals surface area contributed by atoms with Crippen LogP contribution < -0.4 is 5.32 Å². The third-order valence-corrected chi connectivity index (χ3v) is 3.62. The van der Waals surface area contributed by atoms with Gasteiger partial charge < -0.3 is 19.8 Å². The van der Waals surface area contributed by atoms with Crippen LogP contribution in [0, 0.1) is 0 Å². The van der Waals surface area contributed by atoms with Gasteiger partial charge in [-0.25, -0.2) is 4.98 Å². The second kappa shape index (κ2) is 9.20. The van der Waals surface area contributed by atoms with Gasteiger partial charge >= 0.3 is 0 Å². The molecule has 0 unspecified atom stereocenters. The van der Waals surface area contributed by atoms with Gasteiger partial charge in [-0.3, -0.25) is 4.79 Å². The minimum Gasteiger partial charge on any atom is -0.379 e. The van der Waals surface area contributed by atoms with E-state index in [1.54, 1.807) is 13.1 Å². The zero-order valence-corrected chi connectivity index (χ0v) is 14.4. The number of nitrogens with zero attached hydrogens (tertiary/aromatic N) is 1. The predicted molar refractivity (Wildman–Crippen MR) is 92.5 cm³/mol. The highest BCUT2D eigenvalue weighted by Gasteiger charge is 2.18. The summed E-state index contributed by atoms with van der Waals surface area (Å²) in [4.78, 5) is 19.8. The Morgan fingerprint density at radius 1 is 1.25 bits per heavy atom. The fraction of sp³-hybridized carbons (Fsp3) is 0.444. The molecule has 2 aromatic rings. The molecule has 0 saturated heterocycles. The predicted octanol–water partition coefficient (Wildman–Crippen LogP) is 2.70. The Morgan fingerprint density at radius 2 is 2.00 bits per heavy atom. The van der Waals surface area contributed by atoms with Crippen molar-refractivity contribution in [3.8, 4) is 11.3 Å². The second-order valence-electron chi connectivity index (χ2n) is 5.49. The van der Waals surface area contributed by atoms with Crippen LogP contribution >= 0.6 is 0 Å². The van der Waals surface area contributed by atoms with Crippen LogP contribution in [0.1, 0.15) is 32.6 Å². The molecule has 1 amide bonds. The summed E-state index contributed by atoms with van der Waals surface area (Å²) in [7, 11) is 0. The van der Waals surface area contributed by atoms with Gasteiger partial charge in [-0.15, -0.1) is 0 Å². The van der Waals surface area contributed by atoms with Crippen LogP contribution in [0.4, 0.5) is 0 Å². The number of rotatable bonds is 9. The third kappa shape index (κ3) is 5.18. The summed E-state index contributed by atoms with van der Waals surface area (Å²) < 4.78 is 10.6. The quantitative estimate of drug-likeness (QED) is 0.693. The van der Waals surface area contributed by atoms with E-state index in [1.807, 2.05) is 44.2 Å². The number of nitrogens with one attached hydrogen (secondary N) is 2. The summed E-state index contributed by atoms with van der Waals surface area (Å²) in [6.07, 6.45) is 1.24. The van der Waals surface area contributed by atoms with E-state index in [1.165, 1.54) is 0 Å². The number of aromatic nitrogens is 2. The van der Waals surface area contributed by atoms with Crippen molar-refractivity contribution < 1.29 is 14.3 Å². The molecule has 0 saturated carbocycles. The number of carbonyl (C=O) groups is 1. The molecule has 1 heterocycles. The Morgan fingerprint density at radius 3 is 2.71 bits per heavy atom. The van der Waals surface area contributed by atoms with Crippen LogP contribution in [0.2, 0.25) is 0 Å². The lowest BCUT2D eigenvalue weighted by molar-refractivity contribution is -0.133. The highest BCUT2D eigenvalue weighted by atomic mass is 16.5. The van der Waals surface area contributed by atoms with Crippen molar-refractivity contribution in [1.29, 1.82) is 0 Å². The topological polar surface area (TPSA) is 76.2 Å². The molecule has 1 aromatic carbocycles. The molecule has 0 aliphatic rings. The van der Waals surface area contributed by atoms with Gasteiger partial charge in [-0.05, 0) is 26.3 Å². The van der Waals surface area contributed by atoms with E-state index in [0.717, 1.165) is 11.3 Å². The summed E-state index contributed by atoms with van der Waals surface area (Å²) in [5.41, 5.74) is 1.98. The van der Waals surface area contributed by atoms with Gasteiger partial charge in [0, 0.05) is 6.61 Å². The minimum atomic E-state index is -0.531. The van der Waals surface area contributed by atoms with Crippen molar-refractivity contribution in [3.05, 3.63) is 42.4 Å². The Kier molecular flexibility index (Phi) is 6.96. The molecular formula is C18H25N3O3. The van der Waals surface area contributed by atoms with Gasteiger partial charge in [0.25, 0.3) is 0 Å². The lowest BCUT2D eigenvalue weighted by Crippen LogP contribution is -2.37. The van der Waals surface area contributed by atoms with Crippen molar-refractivity contribution in [2.45, 2.75) is 32.9 Å². The maximum absolute atomic E-state index is 12.1. The van der Waals surface area contributed by atoms with E-state index in [-0.39, 0.29) is 11.9 Å². The normalized spacial score (nSPS) is 13.5. The first kappa shape index (κ1) is 18.2. The summed E-state index contributed by atoms with van der Waals surface area (Å²) in [6, 6.07) is 9.71. The van der Waals surface area contributed by atoms with Gasteiger partial charge in [0.1, 0.15) is 11.9 Å². The number of benzene rings is 1. The number of carbonyl (C=O) groups excluding carboxylic acids is 1. The summed E-state index contributed by atoms with van der Waals surface area (Å²) in [5.74, 6) is 0.542. The molecule has 0 bridgehead atoms. The van der Waals surface area contributed by atoms with E-state index >= 15 is 0 Å². The van der Waals surface area contributed by atoms with Gasteiger partial charge in [0.2, 0.25) is 5.91 Å². The van der Waals surface area contributed by atoms with Gasteiger partial charge in [0.05, 0.1) is 31.1 Å². The second-order valence-corrected chi connectivity index (χ2v) is 5.49. The van der Waals surface area contributed by atoms with Crippen molar-refractivity contribution in [2.75, 3.05) is 19.8 Å². The number of ether oxygens (including phenoxy) is 2. The zero-order valence-electron chi connectivity index (χ0n) is 14.4. The van der Waals surface area contributed by atoms with Crippen LogP contribution in [0.5, 0.6) is 0 Å². The first-order chi connectivity index (χ1) is 11.6. The zero-order chi connectivity index (χ0) is 17.4. The average molecular weight is 331 g/mol. The third-order valence-electron chi connectivity index (χ3n) is 3.62. The van der Waals surface area contributed by atoms with Gasteiger partial charge in [0.15, 0.2) is 0 Å². The molecule has 1 aromatic heterocycles. The Bertz CT molecular complexity index is 627. The molecule has 24 heavy (non-hydrogen) atoms. The van der Waals surface area contributed by atoms with Crippen molar-refractivity contribution in [3.63, 3.8) is 0 Å². The fourth-order valence-corrected chi connectivity index (χ4v) is 2.22.